The topological polar surface area (TPSA) is 97.0 Å². The predicted molar refractivity (Wildman–Crippen MR) is 167 cm³/mol. The number of methoxy groups -OCH3 is 1. The lowest BCUT2D eigenvalue weighted by atomic mass is 9.68. The molecule has 0 aromatic heterocycles. The highest BCUT2D eigenvalue weighted by Gasteiger charge is 2.39. The van der Waals surface area contributed by atoms with Crippen LogP contribution in [0, 0.1) is 0 Å². The molecular formula is C33H43N3O5S. The van der Waals surface area contributed by atoms with E-state index in [0.717, 1.165) is 43.5 Å². The molecule has 0 aliphatic heterocycles. The molecule has 0 saturated heterocycles. The van der Waals surface area contributed by atoms with Gasteiger partial charge in [0.2, 0.25) is 0 Å². The molecule has 1 aliphatic carbocycles. The number of hydrogen-bond acceptors (Lipinski definition) is 6. The second-order valence-electron chi connectivity index (χ2n) is 12.0. The minimum Gasteiger partial charge on any atom is -0.497 e. The van der Waals surface area contributed by atoms with Crippen LogP contribution < -0.4 is 14.8 Å². The number of rotatable bonds is 10. The quantitative estimate of drug-likeness (QED) is 0.298. The molecule has 226 valence electrons. The van der Waals surface area contributed by atoms with Gasteiger partial charge in [0.25, 0.3) is 0 Å². The zero-order chi connectivity index (χ0) is 30.4. The normalized spacial score (nSPS) is 19.2. The maximum absolute atomic E-state index is 13.1. The van der Waals surface area contributed by atoms with E-state index in [-0.39, 0.29) is 6.54 Å². The maximum atomic E-state index is 13.1. The molecule has 0 radical (unpaired) electrons. The molecule has 42 heavy (non-hydrogen) atoms. The molecule has 0 bridgehead atoms. The summed E-state index contributed by atoms with van der Waals surface area (Å²) in [5.74, 6) is 0.722. The van der Waals surface area contributed by atoms with Crippen molar-refractivity contribution in [1.82, 2.24) is 14.3 Å². The molecule has 2 N–H and O–H groups in total. The van der Waals surface area contributed by atoms with Gasteiger partial charge in [-0.25, -0.2) is 4.79 Å². The molecule has 0 spiro atoms. The Hall–Kier alpha value is -3.40. The van der Waals surface area contributed by atoms with Crippen molar-refractivity contribution in [3.63, 3.8) is 0 Å². The van der Waals surface area contributed by atoms with Gasteiger partial charge < -0.3 is 14.8 Å². The molecule has 8 nitrogen and oxygen atoms in total. The fraction of sp³-hybridized carbons (Fsp3) is 0.424. The van der Waals surface area contributed by atoms with Gasteiger partial charge in [0.1, 0.15) is 11.4 Å². The lowest BCUT2D eigenvalue weighted by Gasteiger charge is -2.41. The predicted octanol–water partition coefficient (Wildman–Crippen LogP) is 6.03. The van der Waals surface area contributed by atoms with E-state index in [9.17, 15) is 13.2 Å². The van der Waals surface area contributed by atoms with E-state index in [1.165, 1.54) is 23.7 Å². The van der Waals surface area contributed by atoms with Crippen LogP contribution in [-0.4, -0.2) is 51.2 Å². The van der Waals surface area contributed by atoms with Crippen molar-refractivity contribution < 1.29 is 22.7 Å². The Morgan fingerprint density at radius 2 is 1.60 bits per heavy atom. The van der Waals surface area contributed by atoms with Gasteiger partial charge in [0.05, 0.1) is 7.11 Å². The Labute approximate surface area is 250 Å². The van der Waals surface area contributed by atoms with Crippen LogP contribution in [-0.2, 0) is 26.9 Å². The number of carbonyl (C=O) groups excluding carboxylic acids is 1. The summed E-state index contributed by atoms with van der Waals surface area (Å²) in [5, 5.41) is 3.70. The summed E-state index contributed by atoms with van der Waals surface area (Å²) in [7, 11) is -1.28. The van der Waals surface area contributed by atoms with Crippen LogP contribution in [0.4, 0.5) is 4.79 Å². The Kier molecular flexibility index (Phi) is 9.97. The van der Waals surface area contributed by atoms with E-state index < -0.39 is 27.3 Å². The van der Waals surface area contributed by atoms with E-state index in [2.05, 4.69) is 46.4 Å². The molecule has 0 unspecified atom stereocenters. The standard InChI is InChI=1S/C33H43N3O5S/c1-32(2,3)41-31(37)36(4)42(38,39)35-24-33(28-12-9-13-30(22-28)40-5)20-18-29(19-21-33)34-23-25-14-16-27(17-15-25)26-10-7-6-8-11-26/h6-17,22,29,34-35H,18-21,23-24H2,1-5H3/t29-,33-. The van der Waals surface area contributed by atoms with Crippen LogP contribution in [0.15, 0.2) is 78.9 Å². The minimum absolute atomic E-state index is 0.156. The summed E-state index contributed by atoms with van der Waals surface area (Å²) in [5.41, 5.74) is 3.37. The number of benzene rings is 3. The largest absolute Gasteiger partial charge is 0.497 e. The van der Waals surface area contributed by atoms with Gasteiger partial charge in [0.15, 0.2) is 0 Å². The second kappa shape index (κ2) is 13.3. The first-order chi connectivity index (χ1) is 19.9. The molecule has 3 aromatic carbocycles. The number of amides is 1. The van der Waals surface area contributed by atoms with E-state index in [0.29, 0.717) is 10.3 Å². The smallest absolute Gasteiger partial charge is 0.424 e. The van der Waals surface area contributed by atoms with Crippen LogP contribution >= 0.6 is 0 Å². The number of nitrogens with one attached hydrogen (secondary N) is 2. The highest BCUT2D eigenvalue weighted by Crippen LogP contribution is 2.40. The van der Waals surface area contributed by atoms with Crippen LogP contribution in [0.1, 0.15) is 57.6 Å². The highest BCUT2D eigenvalue weighted by molar-refractivity contribution is 7.87. The van der Waals surface area contributed by atoms with E-state index in [1.54, 1.807) is 27.9 Å². The number of carbonyl (C=O) groups is 1. The average molecular weight is 594 g/mol. The fourth-order valence-corrected chi connectivity index (χ4v) is 6.24. The van der Waals surface area contributed by atoms with Gasteiger partial charge >= 0.3 is 16.3 Å². The summed E-state index contributed by atoms with van der Waals surface area (Å²) in [6, 6.07) is 27.1. The summed E-state index contributed by atoms with van der Waals surface area (Å²) in [6.07, 6.45) is 2.37. The lowest BCUT2D eigenvalue weighted by molar-refractivity contribution is 0.0418. The minimum atomic E-state index is -4.11. The summed E-state index contributed by atoms with van der Waals surface area (Å²) >= 11 is 0. The molecule has 1 aliphatic rings. The zero-order valence-corrected chi connectivity index (χ0v) is 26.0. The zero-order valence-electron chi connectivity index (χ0n) is 25.2. The third-order valence-corrected chi connectivity index (χ3v) is 9.26. The SMILES string of the molecule is COc1cccc([C@]2(CNS(=O)(=O)N(C)C(=O)OC(C)(C)C)CC[C@@H](NCc3ccc(-c4ccccc4)cc3)CC2)c1. The molecule has 1 saturated carbocycles. The van der Waals surface area contributed by atoms with Crippen molar-refractivity contribution in [2.24, 2.45) is 0 Å². The van der Waals surface area contributed by atoms with Gasteiger partial charge in [-0.3, -0.25) is 0 Å². The van der Waals surface area contributed by atoms with Crippen LogP contribution in [0.5, 0.6) is 5.75 Å². The first-order valence-electron chi connectivity index (χ1n) is 14.4. The first-order valence-corrected chi connectivity index (χ1v) is 15.8. The number of nitrogens with zero attached hydrogens (tertiary/aromatic N) is 1. The molecular weight excluding hydrogens is 550 g/mol. The van der Waals surface area contributed by atoms with E-state index in [4.69, 9.17) is 9.47 Å². The van der Waals surface area contributed by atoms with Crippen molar-refractivity contribution in [2.45, 2.75) is 70.1 Å². The Morgan fingerprint density at radius 1 is 0.952 bits per heavy atom. The van der Waals surface area contributed by atoms with Crippen molar-refractivity contribution >= 4 is 16.3 Å². The second-order valence-corrected chi connectivity index (χ2v) is 13.8. The summed E-state index contributed by atoms with van der Waals surface area (Å²) < 4.78 is 40.3. The molecule has 1 fully saturated rings. The van der Waals surface area contributed by atoms with Gasteiger partial charge in [-0.05, 0) is 80.8 Å². The molecule has 4 rings (SSSR count). The third-order valence-electron chi connectivity index (χ3n) is 7.88. The molecule has 0 heterocycles. The monoisotopic (exact) mass is 593 g/mol. The summed E-state index contributed by atoms with van der Waals surface area (Å²) in [4.78, 5) is 12.5. The molecule has 3 aromatic rings. The first kappa shape index (κ1) is 31.5. The van der Waals surface area contributed by atoms with E-state index in [1.807, 2.05) is 42.5 Å². The van der Waals surface area contributed by atoms with Gasteiger partial charge in [0, 0.05) is 31.6 Å². The summed E-state index contributed by atoms with van der Waals surface area (Å²) in [6.45, 7) is 6.01. The van der Waals surface area contributed by atoms with Crippen molar-refractivity contribution in [2.75, 3.05) is 20.7 Å². The maximum Gasteiger partial charge on any atom is 0.424 e. The fourth-order valence-electron chi connectivity index (χ4n) is 5.35. The lowest BCUT2D eigenvalue weighted by Crippen LogP contribution is -2.50. The highest BCUT2D eigenvalue weighted by atomic mass is 32.2. The molecule has 0 atom stereocenters. The Morgan fingerprint density at radius 3 is 2.21 bits per heavy atom. The van der Waals surface area contributed by atoms with Crippen LogP contribution in [0.3, 0.4) is 0 Å². The van der Waals surface area contributed by atoms with E-state index >= 15 is 0 Å². The Bertz CT molecular complexity index is 1430. The van der Waals surface area contributed by atoms with Crippen LogP contribution in [0.2, 0.25) is 0 Å². The van der Waals surface area contributed by atoms with Gasteiger partial charge in [-0.1, -0.05) is 66.7 Å². The van der Waals surface area contributed by atoms with Crippen LogP contribution in [0.25, 0.3) is 11.1 Å². The number of hydrogen-bond donors (Lipinski definition) is 2. The van der Waals surface area contributed by atoms with Crippen molar-refractivity contribution in [3.05, 3.63) is 90.0 Å². The van der Waals surface area contributed by atoms with Gasteiger partial charge in [-0.2, -0.15) is 17.4 Å². The Balaban J connectivity index is 1.42. The van der Waals surface area contributed by atoms with Gasteiger partial charge in [-0.15, -0.1) is 0 Å². The van der Waals surface area contributed by atoms with Crippen molar-refractivity contribution in [3.8, 4) is 16.9 Å². The molecule has 1 amide bonds. The number of ether oxygens (including phenoxy) is 2. The molecule has 9 heteroatoms. The average Bonchev–Trinajstić information content (AvgIpc) is 2.99. The third kappa shape index (κ3) is 8.12. The van der Waals surface area contributed by atoms with Crippen molar-refractivity contribution in [1.29, 1.82) is 0 Å².